The van der Waals surface area contributed by atoms with Crippen molar-refractivity contribution in [1.82, 2.24) is 5.16 Å². The molecule has 1 aromatic rings. The second-order valence-corrected chi connectivity index (χ2v) is 6.66. The minimum absolute atomic E-state index is 0.224. The molecule has 0 spiro atoms. The monoisotopic (exact) mass is 306 g/mol. The number of nitrogens with zero attached hydrogens (tertiary/aromatic N) is 1. The molecule has 1 amide bonds. The molecule has 0 radical (unpaired) electrons. The van der Waals surface area contributed by atoms with Gasteiger partial charge in [0.1, 0.15) is 11.7 Å². The molecule has 0 unspecified atom stereocenters. The minimum Gasteiger partial charge on any atom is -0.481 e. The second kappa shape index (κ2) is 4.95. The number of amides is 1. The minimum atomic E-state index is -1.03. The first-order valence-corrected chi connectivity index (χ1v) is 7.12. The molecule has 2 bridgehead atoms. The number of fused-ring (bicyclic) bond motifs is 2. The molecule has 0 aromatic carbocycles. The molecule has 2 aliphatic heterocycles. The number of rotatable bonds is 3. The van der Waals surface area contributed by atoms with Gasteiger partial charge >= 0.3 is 5.97 Å². The third-order valence-corrected chi connectivity index (χ3v) is 3.99. The molecule has 3 rings (SSSR count). The first-order chi connectivity index (χ1) is 10.3. The Bertz CT molecular complexity index is 643. The zero-order chi connectivity index (χ0) is 16.1. The summed E-state index contributed by atoms with van der Waals surface area (Å²) in [5.74, 6) is -2.16. The molecule has 4 atom stereocenters. The van der Waals surface area contributed by atoms with Crippen LogP contribution < -0.4 is 5.32 Å². The van der Waals surface area contributed by atoms with Crippen LogP contribution in [-0.2, 0) is 19.7 Å². The molecule has 0 aliphatic carbocycles. The van der Waals surface area contributed by atoms with Crippen molar-refractivity contribution in [3.05, 3.63) is 24.0 Å². The number of hydrogen-bond acceptors (Lipinski definition) is 5. The van der Waals surface area contributed by atoms with Gasteiger partial charge in [-0.2, -0.15) is 0 Å². The number of ether oxygens (including phenoxy) is 1. The van der Waals surface area contributed by atoms with Gasteiger partial charge in [0.05, 0.1) is 18.1 Å². The maximum Gasteiger partial charge on any atom is 0.310 e. The Morgan fingerprint density at radius 2 is 1.86 bits per heavy atom. The smallest absolute Gasteiger partial charge is 0.310 e. The lowest BCUT2D eigenvalue weighted by molar-refractivity contribution is -0.145. The quantitative estimate of drug-likeness (QED) is 0.822. The van der Waals surface area contributed by atoms with E-state index in [1.165, 1.54) is 0 Å². The summed E-state index contributed by atoms with van der Waals surface area (Å²) in [6, 6.07) is 1.65. The summed E-state index contributed by atoms with van der Waals surface area (Å²) in [7, 11) is 0. The Morgan fingerprint density at radius 1 is 1.23 bits per heavy atom. The topological polar surface area (TPSA) is 102 Å². The molecule has 118 valence electrons. The fourth-order valence-corrected chi connectivity index (χ4v) is 2.81. The van der Waals surface area contributed by atoms with Crippen LogP contribution in [0.4, 0.5) is 5.82 Å². The maximum absolute atomic E-state index is 12.4. The third-order valence-electron chi connectivity index (χ3n) is 3.99. The number of carboxylic acid groups (broad SMARTS) is 1. The van der Waals surface area contributed by atoms with Crippen molar-refractivity contribution < 1.29 is 24.0 Å². The molecular formula is C15H18N2O5. The van der Waals surface area contributed by atoms with Gasteiger partial charge in [0, 0.05) is 11.5 Å². The standard InChI is InChI=1S/C15H18N2O5/c1-15(2,3)9-6-10(17-22-9)16-13(18)11-7-4-5-8(21-7)12(11)14(19)20/h4-8,11-12H,1-3H3,(H,19,20)(H,16,17,18)/t7-,8-,11-,12-/m1/s1. The molecule has 2 aliphatic rings. The molecule has 1 aromatic heterocycles. The highest BCUT2D eigenvalue weighted by molar-refractivity contribution is 5.96. The molecule has 0 saturated carbocycles. The fourth-order valence-electron chi connectivity index (χ4n) is 2.81. The van der Waals surface area contributed by atoms with Crippen molar-refractivity contribution in [1.29, 1.82) is 0 Å². The van der Waals surface area contributed by atoms with E-state index < -0.39 is 35.9 Å². The van der Waals surface area contributed by atoms with E-state index in [0.29, 0.717) is 5.76 Å². The van der Waals surface area contributed by atoms with Crippen LogP contribution in [0.25, 0.3) is 0 Å². The van der Waals surface area contributed by atoms with Crippen molar-refractivity contribution in [3.8, 4) is 0 Å². The lowest BCUT2D eigenvalue weighted by Gasteiger charge is -2.20. The fraction of sp³-hybridized carbons (Fsp3) is 0.533. The summed E-state index contributed by atoms with van der Waals surface area (Å²) in [6.07, 6.45) is 2.39. The third kappa shape index (κ3) is 2.41. The van der Waals surface area contributed by atoms with E-state index in [1.54, 1.807) is 18.2 Å². The van der Waals surface area contributed by atoms with Gasteiger partial charge in [0.2, 0.25) is 5.91 Å². The van der Waals surface area contributed by atoms with Gasteiger partial charge in [-0.15, -0.1) is 0 Å². The van der Waals surface area contributed by atoms with Crippen LogP contribution in [-0.4, -0.2) is 34.3 Å². The predicted octanol–water partition coefficient (Wildman–Crippen LogP) is 1.56. The number of carbonyl (C=O) groups excluding carboxylic acids is 1. The van der Waals surface area contributed by atoms with E-state index in [-0.39, 0.29) is 11.2 Å². The molecular weight excluding hydrogens is 288 g/mol. The number of carbonyl (C=O) groups is 2. The molecule has 1 fully saturated rings. The largest absolute Gasteiger partial charge is 0.481 e. The molecule has 7 heteroatoms. The van der Waals surface area contributed by atoms with Gasteiger partial charge < -0.3 is 19.7 Å². The Labute approximate surface area is 127 Å². The van der Waals surface area contributed by atoms with E-state index in [1.807, 2.05) is 20.8 Å². The molecule has 1 saturated heterocycles. The average molecular weight is 306 g/mol. The normalized spacial score (nSPS) is 29.8. The van der Waals surface area contributed by atoms with Crippen LogP contribution in [0.2, 0.25) is 0 Å². The maximum atomic E-state index is 12.4. The van der Waals surface area contributed by atoms with Crippen molar-refractivity contribution in [3.63, 3.8) is 0 Å². The summed E-state index contributed by atoms with van der Waals surface area (Å²) < 4.78 is 10.7. The van der Waals surface area contributed by atoms with E-state index in [0.717, 1.165) is 0 Å². The summed E-state index contributed by atoms with van der Waals surface area (Å²) in [5.41, 5.74) is -0.224. The van der Waals surface area contributed by atoms with Crippen LogP contribution in [0.15, 0.2) is 22.7 Å². The number of nitrogens with one attached hydrogen (secondary N) is 1. The van der Waals surface area contributed by atoms with Gasteiger partial charge in [-0.25, -0.2) is 0 Å². The molecule has 3 heterocycles. The highest BCUT2D eigenvalue weighted by Crippen LogP contribution is 2.40. The highest BCUT2D eigenvalue weighted by Gasteiger charge is 2.53. The summed E-state index contributed by atoms with van der Waals surface area (Å²) in [6.45, 7) is 5.90. The first-order valence-electron chi connectivity index (χ1n) is 7.12. The summed E-state index contributed by atoms with van der Waals surface area (Å²) in [4.78, 5) is 23.8. The van der Waals surface area contributed by atoms with E-state index in [9.17, 15) is 14.7 Å². The van der Waals surface area contributed by atoms with Crippen molar-refractivity contribution in [2.45, 2.75) is 38.4 Å². The van der Waals surface area contributed by atoms with E-state index in [4.69, 9.17) is 9.26 Å². The molecule has 2 N–H and O–H groups in total. The van der Waals surface area contributed by atoms with E-state index >= 15 is 0 Å². The Hall–Kier alpha value is -2.15. The molecule has 7 nitrogen and oxygen atoms in total. The van der Waals surface area contributed by atoms with Crippen LogP contribution in [0, 0.1) is 11.8 Å². The van der Waals surface area contributed by atoms with Crippen LogP contribution in [0.3, 0.4) is 0 Å². The number of anilines is 1. The second-order valence-electron chi connectivity index (χ2n) is 6.66. The molecule has 22 heavy (non-hydrogen) atoms. The summed E-state index contributed by atoms with van der Waals surface area (Å²) in [5, 5.41) is 15.7. The van der Waals surface area contributed by atoms with Gasteiger partial charge in [0.15, 0.2) is 5.82 Å². The highest BCUT2D eigenvalue weighted by atomic mass is 16.5. The van der Waals surface area contributed by atoms with Gasteiger partial charge in [0.25, 0.3) is 0 Å². The van der Waals surface area contributed by atoms with Crippen molar-refractivity contribution in [2.24, 2.45) is 11.8 Å². The van der Waals surface area contributed by atoms with Crippen LogP contribution >= 0.6 is 0 Å². The summed E-state index contributed by atoms with van der Waals surface area (Å²) >= 11 is 0. The van der Waals surface area contributed by atoms with Crippen molar-refractivity contribution in [2.75, 3.05) is 5.32 Å². The van der Waals surface area contributed by atoms with Gasteiger partial charge in [-0.05, 0) is 0 Å². The Morgan fingerprint density at radius 3 is 2.41 bits per heavy atom. The predicted molar refractivity (Wildman–Crippen MR) is 76.2 cm³/mol. The first kappa shape index (κ1) is 14.8. The Kier molecular flexibility index (Phi) is 3.32. The zero-order valence-corrected chi connectivity index (χ0v) is 12.6. The lowest BCUT2D eigenvalue weighted by atomic mass is 9.82. The SMILES string of the molecule is CC(C)(C)c1cc(NC(=O)[C@H]2[C@H](C(=O)O)[C@H]3C=C[C@H]2O3)no1. The Balaban J connectivity index is 1.76. The van der Waals surface area contributed by atoms with E-state index in [2.05, 4.69) is 10.5 Å². The van der Waals surface area contributed by atoms with Gasteiger partial charge in [-0.1, -0.05) is 38.1 Å². The number of carboxylic acids is 1. The number of aliphatic carboxylic acids is 1. The number of aromatic nitrogens is 1. The average Bonchev–Trinajstić information content (AvgIpc) is 3.11. The zero-order valence-electron chi connectivity index (χ0n) is 12.6. The van der Waals surface area contributed by atoms with Crippen molar-refractivity contribution >= 4 is 17.7 Å². The number of hydrogen-bond donors (Lipinski definition) is 2. The van der Waals surface area contributed by atoms with Gasteiger partial charge in [-0.3, -0.25) is 9.59 Å². The van der Waals surface area contributed by atoms with Crippen LogP contribution in [0.5, 0.6) is 0 Å². The lowest BCUT2D eigenvalue weighted by Crippen LogP contribution is -2.39. The van der Waals surface area contributed by atoms with Crippen LogP contribution in [0.1, 0.15) is 26.5 Å².